The van der Waals surface area contributed by atoms with Crippen molar-refractivity contribution in [1.82, 2.24) is 14.8 Å². The summed E-state index contributed by atoms with van der Waals surface area (Å²) in [5.74, 6) is -1.20. The van der Waals surface area contributed by atoms with Crippen molar-refractivity contribution in [3.63, 3.8) is 0 Å². The van der Waals surface area contributed by atoms with Crippen LogP contribution in [-0.4, -0.2) is 46.2 Å². The lowest BCUT2D eigenvalue weighted by molar-refractivity contribution is -0.113. The number of carbonyl (C=O) groups is 1. The van der Waals surface area contributed by atoms with Gasteiger partial charge in [0.2, 0.25) is 5.95 Å². The first-order valence-electron chi connectivity index (χ1n) is 10.6. The van der Waals surface area contributed by atoms with Gasteiger partial charge in [-0.2, -0.15) is 9.49 Å². The molecule has 2 heterocycles. The summed E-state index contributed by atoms with van der Waals surface area (Å²) >= 11 is 11.4. The highest BCUT2D eigenvalue weighted by Gasteiger charge is 2.20. The summed E-state index contributed by atoms with van der Waals surface area (Å²) in [6.45, 7) is 15.2. The lowest BCUT2D eigenvalue weighted by Crippen LogP contribution is -2.30. The highest BCUT2D eigenvalue weighted by molar-refractivity contribution is 6.76. The van der Waals surface area contributed by atoms with E-state index in [9.17, 15) is 9.18 Å². The number of amides is 1. The molecular formula is C22H33Cl3FN5O2Si. The highest BCUT2D eigenvalue weighted by atomic mass is 35.5. The number of nitrogens with zero attached hydrogens (tertiary/aromatic N) is 3. The minimum absolute atomic E-state index is 0. The Morgan fingerprint density at radius 2 is 1.97 bits per heavy atom. The largest absolute Gasteiger partial charge is 0.360 e. The van der Waals surface area contributed by atoms with Gasteiger partial charge in [-0.15, -0.1) is 35.6 Å². The Balaban J connectivity index is 0.00000578. The van der Waals surface area contributed by atoms with E-state index in [1.54, 1.807) is 10.7 Å². The maximum absolute atomic E-state index is 14.9. The van der Waals surface area contributed by atoms with Crippen LogP contribution >= 0.6 is 35.6 Å². The van der Waals surface area contributed by atoms with E-state index in [1.807, 2.05) is 13.8 Å². The minimum Gasteiger partial charge on any atom is -0.360 e. The van der Waals surface area contributed by atoms with E-state index in [1.165, 1.54) is 6.07 Å². The first-order valence-corrected chi connectivity index (χ1v) is 15.2. The molecule has 3 N–H and O–H groups in total. The summed E-state index contributed by atoms with van der Waals surface area (Å²) in [5, 5.41) is 7.01. The molecule has 0 aliphatic rings. The number of pyridine rings is 1. The predicted octanol–water partition coefficient (Wildman–Crippen LogP) is 5.45. The van der Waals surface area contributed by atoms with Crippen LogP contribution in [0, 0.1) is 19.8 Å². The van der Waals surface area contributed by atoms with Gasteiger partial charge in [0.1, 0.15) is 17.4 Å². The average Bonchev–Trinajstić information content (AvgIpc) is 2.98. The van der Waals surface area contributed by atoms with Crippen molar-refractivity contribution in [2.24, 2.45) is 5.73 Å². The second-order valence-corrected chi connectivity index (χ2v) is 16.0. The van der Waals surface area contributed by atoms with Gasteiger partial charge in [0.15, 0.2) is 0 Å². The maximum Gasteiger partial charge on any atom is 0.252 e. The first kappa shape index (κ1) is 30.5. The molecule has 34 heavy (non-hydrogen) atoms. The zero-order chi connectivity index (χ0) is 24.9. The van der Waals surface area contributed by atoms with Crippen LogP contribution in [0.5, 0.6) is 0 Å². The van der Waals surface area contributed by atoms with Gasteiger partial charge < -0.3 is 15.8 Å². The van der Waals surface area contributed by atoms with Gasteiger partial charge in [0.05, 0.1) is 5.69 Å². The summed E-state index contributed by atoms with van der Waals surface area (Å²) in [7, 11) is -1.18. The molecular weight excluding hydrogens is 520 g/mol. The van der Waals surface area contributed by atoms with E-state index in [-0.39, 0.29) is 30.2 Å². The molecule has 0 radical (unpaired) electrons. The van der Waals surface area contributed by atoms with E-state index in [0.717, 1.165) is 11.7 Å². The van der Waals surface area contributed by atoms with Crippen molar-refractivity contribution < 1.29 is 13.9 Å². The Hall–Kier alpha value is -1.49. The van der Waals surface area contributed by atoms with Crippen LogP contribution in [-0.2, 0) is 16.3 Å². The molecule has 12 heteroatoms. The molecule has 2 aromatic heterocycles. The molecule has 2 rings (SSSR count). The third kappa shape index (κ3) is 8.62. The Bertz CT molecular complexity index is 1010. The molecule has 0 saturated carbocycles. The number of nitrogens with one attached hydrogen (secondary N) is 1. The fourth-order valence-corrected chi connectivity index (χ4v) is 4.04. The van der Waals surface area contributed by atoms with Crippen LogP contribution in [0.25, 0.3) is 11.1 Å². The summed E-state index contributed by atoms with van der Waals surface area (Å²) in [6.07, 6.45) is 0.0989. The number of aryl methyl sites for hydroxylation is 1. The highest BCUT2D eigenvalue weighted by Crippen LogP contribution is 2.29. The SMILES string of the molecule is C=C(C[C@H](N)C(Cl)Cl)C(=O)Nc1ccc(-c2c(C)nn(COCC[Si](C)(C)C)c2C)c(F)n1.Cl. The van der Waals surface area contributed by atoms with Gasteiger partial charge >= 0.3 is 0 Å². The Morgan fingerprint density at radius 3 is 2.53 bits per heavy atom. The van der Waals surface area contributed by atoms with Crippen molar-refractivity contribution in [2.45, 2.75) is 63.6 Å². The molecule has 1 atom stereocenters. The van der Waals surface area contributed by atoms with Crippen LogP contribution in [0.15, 0.2) is 24.3 Å². The van der Waals surface area contributed by atoms with Crippen LogP contribution in [0.2, 0.25) is 25.7 Å². The number of halogens is 4. The number of nitrogens with two attached hydrogens (primary N) is 1. The molecule has 0 saturated heterocycles. The number of ether oxygens (including phenoxy) is 1. The second kappa shape index (κ2) is 13.0. The molecule has 190 valence electrons. The molecule has 0 fully saturated rings. The predicted molar refractivity (Wildman–Crippen MR) is 142 cm³/mol. The van der Waals surface area contributed by atoms with Crippen molar-refractivity contribution in [3.8, 4) is 11.1 Å². The van der Waals surface area contributed by atoms with Gasteiger partial charge in [0, 0.05) is 43.1 Å². The second-order valence-electron chi connectivity index (χ2n) is 9.19. The first-order chi connectivity index (χ1) is 15.3. The van der Waals surface area contributed by atoms with Crippen molar-refractivity contribution in [2.75, 3.05) is 11.9 Å². The topological polar surface area (TPSA) is 95.1 Å². The molecule has 0 aliphatic carbocycles. The Labute approximate surface area is 217 Å². The number of anilines is 1. The van der Waals surface area contributed by atoms with Crippen molar-refractivity contribution >= 4 is 55.4 Å². The number of carbonyl (C=O) groups excluding carboxylic acids is 1. The lowest BCUT2D eigenvalue weighted by atomic mass is 10.1. The summed E-state index contributed by atoms with van der Waals surface area (Å²) < 4.78 is 22.4. The van der Waals surface area contributed by atoms with E-state index >= 15 is 0 Å². The summed E-state index contributed by atoms with van der Waals surface area (Å²) in [5.41, 5.74) is 8.30. The number of alkyl halides is 2. The molecule has 0 bridgehead atoms. The average molecular weight is 553 g/mol. The normalized spacial score (nSPS) is 12.4. The number of hydrogen-bond donors (Lipinski definition) is 2. The third-order valence-corrected chi connectivity index (χ3v) is 7.43. The number of aromatic nitrogens is 3. The molecule has 2 aromatic rings. The maximum atomic E-state index is 14.9. The van der Waals surface area contributed by atoms with Crippen molar-refractivity contribution in [1.29, 1.82) is 0 Å². The summed E-state index contributed by atoms with van der Waals surface area (Å²) in [4.78, 5) is 15.4. The van der Waals surface area contributed by atoms with Crippen LogP contribution in [0.4, 0.5) is 10.2 Å². The van der Waals surface area contributed by atoms with E-state index in [4.69, 9.17) is 33.7 Å². The monoisotopic (exact) mass is 551 g/mol. The van der Waals surface area contributed by atoms with Gasteiger partial charge in [-0.3, -0.25) is 4.79 Å². The third-order valence-electron chi connectivity index (χ3n) is 5.08. The Morgan fingerprint density at radius 1 is 1.32 bits per heavy atom. The fraction of sp³-hybridized carbons (Fsp3) is 0.500. The lowest BCUT2D eigenvalue weighted by Gasteiger charge is -2.15. The van der Waals surface area contributed by atoms with Gasteiger partial charge in [-0.1, -0.05) is 26.2 Å². The van der Waals surface area contributed by atoms with Crippen molar-refractivity contribution in [3.05, 3.63) is 41.6 Å². The quantitative estimate of drug-likeness (QED) is 0.127. The van der Waals surface area contributed by atoms with Crippen LogP contribution < -0.4 is 11.1 Å². The van der Waals surface area contributed by atoms with Gasteiger partial charge in [-0.25, -0.2) is 9.67 Å². The zero-order valence-corrected chi connectivity index (χ0v) is 23.5. The number of hydrogen-bond acceptors (Lipinski definition) is 5. The van der Waals surface area contributed by atoms with Crippen LogP contribution in [0.3, 0.4) is 0 Å². The van der Waals surface area contributed by atoms with Crippen LogP contribution in [0.1, 0.15) is 17.8 Å². The minimum atomic E-state index is -1.18. The van der Waals surface area contributed by atoms with E-state index < -0.39 is 30.8 Å². The molecule has 0 spiro atoms. The zero-order valence-electron chi connectivity index (χ0n) is 20.1. The van der Waals surface area contributed by atoms with Gasteiger partial charge in [-0.05, 0) is 38.4 Å². The van der Waals surface area contributed by atoms with E-state index in [0.29, 0.717) is 30.2 Å². The standard InChI is InChI=1S/C22H32Cl2FN5O2Si.ClH/c1-13(11-17(26)20(23)24)22(31)28-18-8-7-16(21(25)27-18)19-14(2)29-30(15(19)3)12-32-9-10-33(4,5)6;/h7-8,17,20H,1,9-12,26H2,2-6H3,(H,27,28,31);1H/t17-;/m0./s1. The fourth-order valence-electron chi connectivity index (χ4n) is 3.10. The summed E-state index contributed by atoms with van der Waals surface area (Å²) in [6, 6.07) is 3.51. The molecule has 0 aliphatic heterocycles. The Kier molecular flexibility index (Phi) is 11.7. The number of rotatable bonds is 11. The smallest absolute Gasteiger partial charge is 0.252 e. The van der Waals surface area contributed by atoms with E-state index in [2.05, 4.69) is 41.6 Å². The molecule has 0 aromatic carbocycles. The van der Waals surface area contributed by atoms with Gasteiger partial charge in [0.25, 0.3) is 5.91 Å². The molecule has 0 unspecified atom stereocenters. The molecule has 7 nitrogen and oxygen atoms in total. The molecule has 1 amide bonds.